The third-order valence-corrected chi connectivity index (χ3v) is 2.13. The van der Waals surface area contributed by atoms with E-state index >= 15 is 0 Å². The average Bonchev–Trinajstić information content (AvgIpc) is 1.63. The molecule has 0 aromatic carbocycles. The van der Waals surface area contributed by atoms with Crippen LogP contribution in [0.5, 0.6) is 0 Å². The molecule has 2 atom stereocenters. The minimum Gasteiger partial charge on any atom is -0.392 e. The zero-order valence-electron chi connectivity index (χ0n) is 5.92. The molecule has 0 radical (unpaired) electrons. The maximum Gasteiger partial charge on any atom is 0.186 e. The van der Waals surface area contributed by atoms with Crippen molar-refractivity contribution in [2.45, 2.75) is 32.1 Å². The minimum absolute atomic E-state index is 0.0162. The summed E-state index contributed by atoms with van der Waals surface area (Å²) in [6.07, 6.45) is -0.404. The first-order valence-corrected chi connectivity index (χ1v) is 3.77. The molecule has 0 aliphatic heterocycles. The highest BCUT2D eigenvalue weighted by molar-refractivity contribution is 8.14. The maximum atomic E-state index is 10.4. The van der Waals surface area contributed by atoms with E-state index in [4.69, 9.17) is 5.11 Å². The number of aliphatic hydroxyl groups excluding tert-OH is 1. The van der Waals surface area contributed by atoms with Crippen molar-refractivity contribution in [3.05, 3.63) is 0 Å². The lowest BCUT2D eigenvalue weighted by Gasteiger charge is -2.10. The molecule has 0 spiro atoms. The van der Waals surface area contributed by atoms with Gasteiger partial charge in [-0.25, -0.2) is 0 Å². The lowest BCUT2D eigenvalue weighted by molar-refractivity contribution is -0.109. The van der Waals surface area contributed by atoms with E-state index in [9.17, 15) is 4.79 Å². The van der Waals surface area contributed by atoms with Crippen molar-refractivity contribution >= 4 is 16.9 Å². The Balaban J connectivity index is 3.50. The molecule has 0 aliphatic carbocycles. The van der Waals surface area contributed by atoms with Crippen LogP contribution in [0.1, 0.15) is 20.8 Å². The fourth-order valence-corrected chi connectivity index (χ4v) is 1.08. The summed E-state index contributed by atoms with van der Waals surface area (Å²) in [4.78, 5) is 10.4. The van der Waals surface area contributed by atoms with Gasteiger partial charge in [-0.2, -0.15) is 0 Å². The van der Waals surface area contributed by atoms with Gasteiger partial charge < -0.3 is 5.11 Å². The fraction of sp³-hybridized carbons (Fsp3) is 0.833. The van der Waals surface area contributed by atoms with Crippen LogP contribution in [0.3, 0.4) is 0 Å². The third kappa shape index (κ3) is 4.48. The molecule has 2 unspecified atom stereocenters. The predicted molar refractivity (Wildman–Crippen MR) is 39.4 cm³/mol. The highest BCUT2D eigenvalue weighted by Crippen LogP contribution is 2.13. The summed E-state index contributed by atoms with van der Waals surface area (Å²) in [5.74, 6) is 0. The second-order valence-electron chi connectivity index (χ2n) is 2.06. The van der Waals surface area contributed by atoms with Crippen LogP contribution in [0, 0.1) is 0 Å². The standard InChI is InChI=1S/C6H12O2S/c1-4(7)5(2)9-6(3)8/h4-5,7H,1-3H3. The number of carbonyl (C=O) groups excluding carboxylic acids is 1. The van der Waals surface area contributed by atoms with Gasteiger partial charge in [0, 0.05) is 12.2 Å². The summed E-state index contributed by atoms with van der Waals surface area (Å²) in [5.41, 5.74) is 0. The van der Waals surface area contributed by atoms with Crippen LogP contribution in [0.25, 0.3) is 0 Å². The van der Waals surface area contributed by atoms with Gasteiger partial charge in [-0.15, -0.1) is 0 Å². The quantitative estimate of drug-likeness (QED) is 0.635. The Bertz CT molecular complexity index is 101. The Morgan fingerprint density at radius 1 is 1.56 bits per heavy atom. The third-order valence-electron chi connectivity index (χ3n) is 1.03. The summed E-state index contributed by atoms with van der Waals surface area (Å²) in [6, 6.07) is 0. The molecular weight excluding hydrogens is 136 g/mol. The Labute approximate surface area is 59.6 Å². The van der Waals surface area contributed by atoms with Crippen LogP contribution in [0.4, 0.5) is 0 Å². The SMILES string of the molecule is CC(=O)SC(C)C(C)O. The van der Waals surface area contributed by atoms with Crippen LogP contribution in [-0.4, -0.2) is 21.6 Å². The topological polar surface area (TPSA) is 37.3 Å². The van der Waals surface area contributed by atoms with Gasteiger partial charge in [0.2, 0.25) is 0 Å². The van der Waals surface area contributed by atoms with Crippen molar-refractivity contribution in [3.8, 4) is 0 Å². The maximum absolute atomic E-state index is 10.4. The van der Waals surface area contributed by atoms with Gasteiger partial charge in [-0.3, -0.25) is 4.79 Å². The Morgan fingerprint density at radius 2 is 2.00 bits per heavy atom. The van der Waals surface area contributed by atoms with E-state index in [2.05, 4.69) is 0 Å². The number of hydrogen-bond donors (Lipinski definition) is 1. The second-order valence-corrected chi connectivity index (χ2v) is 3.61. The molecule has 0 saturated heterocycles. The fourth-order valence-electron chi connectivity index (χ4n) is 0.360. The molecule has 1 N–H and O–H groups in total. The van der Waals surface area contributed by atoms with E-state index < -0.39 is 6.10 Å². The molecule has 0 rings (SSSR count). The number of rotatable bonds is 2. The number of aliphatic hydroxyl groups is 1. The molecule has 0 fully saturated rings. The van der Waals surface area contributed by atoms with Gasteiger partial charge in [0.1, 0.15) is 0 Å². The summed E-state index contributed by atoms with van der Waals surface area (Å²) in [6.45, 7) is 5.01. The normalized spacial score (nSPS) is 16.9. The van der Waals surface area contributed by atoms with Crippen molar-refractivity contribution in [2.75, 3.05) is 0 Å². The Morgan fingerprint density at radius 3 is 2.11 bits per heavy atom. The van der Waals surface area contributed by atoms with Crippen molar-refractivity contribution in [1.82, 2.24) is 0 Å². The van der Waals surface area contributed by atoms with Gasteiger partial charge in [-0.05, 0) is 6.92 Å². The number of hydrogen-bond acceptors (Lipinski definition) is 3. The van der Waals surface area contributed by atoms with Crippen LogP contribution < -0.4 is 0 Å². The van der Waals surface area contributed by atoms with Crippen LogP contribution in [-0.2, 0) is 4.79 Å². The molecule has 3 heteroatoms. The zero-order valence-corrected chi connectivity index (χ0v) is 6.73. The monoisotopic (exact) mass is 148 g/mol. The molecule has 0 aromatic rings. The van der Waals surface area contributed by atoms with Gasteiger partial charge >= 0.3 is 0 Å². The predicted octanol–water partition coefficient (Wildman–Crippen LogP) is 1.04. The molecule has 0 aliphatic rings. The first-order valence-electron chi connectivity index (χ1n) is 2.89. The molecule has 2 nitrogen and oxygen atoms in total. The van der Waals surface area contributed by atoms with E-state index in [0.29, 0.717) is 0 Å². The number of thioether (sulfide) groups is 1. The molecular formula is C6H12O2S. The summed E-state index contributed by atoms with van der Waals surface area (Å²) in [7, 11) is 0. The van der Waals surface area contributed by atoms with E-state index in [1.807, 2.05) is 6.92 Å². The minimum atomic E-state index is -0.404. The van der Waals surface area contributed by atoms with Crippen molar-refractivity contribution < 1.29 is 9.90 Å². The van der Waals surface area contributed by atoms with Gasteiger partial charge in [-0.1, -0.05) is 18.7 Å². The van der Waals surface area contributed by atoms with Crippen LogP contribution in [0.15, 0.2) is 0 Å². The van der Waals surface area contributed by atoms with Crippen LogP contribution in [0.2, 0.25) is 0 Å². The molecule has 0 aromatic heterocycles. The average molecular weight is 148 g/mol. The Kier molecular flexibility index (Phi) is 3.89. The van der Waals surface area contributed by atoms with Crippen molar-refractivity contribution in [1.29, 1.82) is 0 Å². The first-order chi connectivity index (χ1) is 4.04. The largest absolute Gasteiger partial charge is 0.392 e. The number of carbonyl (C=O) groups is 1. The highest BCUT2D eigenvalue weighted by Gasteiger charge is 2.10. The van der Waals surface area contributed by atoms with Gasteiger partial charge in [0.15, 0.2) is 5.12 Å². The molecule has 0 heterocycles. The van der Waals surface area contributed by atoms with Crippen molar-refractivity contribution in [3.63, 3.8) is 0 Å². The lowest BCUT2D eigenvalue weighted by Crippen LogP contribution is -2.16. The van der Waals surface area contributed by atoms with Crippen molar-refractivity contribution in [2.24, 2.45) is 0 Å². The second kappa shape index (κ2) is 3.90. The molecule has 0 bridgehead atoms. The van der Waals surface area contributed by atoms with Crippen LogP contribution >= 0.6 is 11.8 Å². The summed E-state index contributed by atoms with van der Waals surface area (Å²) in [5, 5.41) is 8.97. The highest BCUT2D eigenvalue weighted by atomic mass is 32.2. The summed E-state index contributed by atoms with van der Waals surface area (Å²) >= 11 is 1.17. The molecule has 0 amide bonds. The van der Waals surface area contributed by atoms with Gasteiger partial charge in [0.05, 0.1) is 6.10 Å². The smallest absolute Gasteiger partial charge is 0.186 e. The first kappa shape index (κ1) is 8.98. The van der Waals surface area contributed by atoms with Gasteiger partial charge in [0.25, 0.3) is 0 Å². The van der Waals surface area contributed by atoms with E-state index in [0.717, 1.165) is 0 Å². The zero-order chi connectivity index (χ0) is 7.44. The van der Waals surface area contributed by atoms with E-state index in [1.165, 1.54) is 18.7 Å². The summed E-state index contributed by atoms with van der Waals surface area (Å²) < 4.78 is 0. The molecule has 0 saturated carbocycles. The van der Waals surface area contributed by atoms with E-state index in [-0.39, 0.29) is 10.4 Å². The molecule has 9 heavy (non-hydrogen) atoms. The molecule has 54 valence electrons. The lowest BCUT2D eigenvalue weighted by atomic mass is 10.3. The Hall–Kier alpha value is -0.0200. The van der Waals surface area contributed by atoms with E-state index in [1.54, 1.807) is 6.92 Å².